The summed E-state index contributed by atoms with van der Waals surface area (Å²) in [7, 11) is 0. The smallest absolute Gasteiger partial charge is 0.0205 e. The summed E-state index contributed by atoms with van der Waals surface area (Å²) in [5.74, 6) is 10.8. The summed E-state index contributed by atoms with van der Waals surface area (Å²) in [6.07, 6.45) is 5.44. The first-order valence-electron chi connectivity index (χ1n) is 7.05. The van der Waals surface area contributed by atoms with Gasteiger partial charge in [0.15, 0.2) is 0 Å². The maximum atomic E-state index is 3.46. The molecule has 0 aromatic heterocycles. The van der Waals surface area contributed by atoms with Gasteiger partial charge in [0, 0.05) is 11.8 Å². The number of hydrogen-bond donors (Lipinski definition) is 0. The average Bonchev–Trinajstić information content (AvgIpc) is 3.01. The van der Waals surface area contributed by atoms with Crippen molar-refractivity contribution in [2.24, 2.45) is 29.6 Å². The van der Waals surface area contributed by atoms with Crippen LogP contribution in [0.5, 0.6) is 0 Å². The van der Waals surface area contributed by atoms with E-state index in [0.717, 1.165) is 17.8 Å². The lowest BCUT2D eigenvalue weighted by atomic mass is 9.99. The highest BCUT2D eigenvalue weighted by Gasteiger charge is 2.39. The highest BCUT2D eigenvalue weighted by atomic mass is 14.4. The minimum atomic E-state index is 0.579. The Kier molecular flexibility index (Phi) is 5.39. The molecule has 1 aliphatic carbocycles. The molecule has 0 amide bonds. The van der Waals surface area contributed by atoms with E-state index in [-0.39, 0.29) is 0 Å². The molecule has 0 spiro atoms. The van der Waals surface area contributed by atoms with Crippen molar-refractivity contribution in [3.05, 3.63) is 0 Å². The predicted molar refractivity (Wildman–Crippen MR) is 72.1 cm³/mol. The zero-order valence-electron chi connectivity index (χ0n) is 11.7. The van der Waals surface area contributed by atoms with Crippen molar-refractivity contribution < 1.29 is 0 Å². The fourth-order valence-corrected chi connectivity index (χ4v) is 2.25. The van der Waals surface area contributed by atoms with Crippen LogP contribution >= 0.6 is 0 Å². The van der Waals surface area contributed by atoms with Crippen molar-refractivity contribution in [1.82, 2.24) is 0 Å². The molecular formula is C16H28. The first kappa shape index (κ1) is 13.6. The molecule has 0 heterocycles. The monoisotopic (exact) mass is 220 g/mol. The first-order valence-corrected chi connectivity index (χ1v) is 7.05. The van der Waals surface area contributed by atoms with Crippen molar-refractivity contribution in [3.63, 3.8) is 0 Å². The van der Waals surface area contributed by atoms with Crippen LogP contribution in [0.4, 0.5) is 0 Å². The standard InChI is InChI=1S/C16H28/c1-6-13(4)8-9-14(5)16-11-15(16)10-7-12(2)3/h12-16H,6-7,10-11H2,1-5H3. The van der Waals surface area contributed by atoms with E-state index in [9.17, 15) is 0 Å². The summed E-state index contributed by atoms with van der Waals surface area (Å²) in [6.45, 7) is 11.4. The SMILES string of the molecule is CCC(C)C#CC(C)C1CC1CCC(C)C. The van der Waals surface area contributed by atoms with Gasteiger partial charge in [0.1, 0.15) is 0 Å². The van der Waals surface area contributed by atoms with Crippen molar-refractivity contribution >= 4 is 0 Å². The zero-order valence-corrected chi connectivity index (χ0v) is 11.7. The summed E-state index contributed by atoms with van der Waals surface area (Å²) in [4.78, 5) is 0. The Hall–Kier alpha value is -0.440. The van der Waals surface area contributed by atoms with Gasteiger partial charge in [-0.15, -0.1) is 0 Å². The summed E-state index contributed by atoms with van der Waals surface area (Å²) >= 11 is 0. The van der Waals surface area contributed by atoms with E-state index in [1.807, 2.05) is 0 Å². The third-order valence-electron chi connectivity index (χ3n) is 3.90. The number of hydrogen-bond acceptors (Lipinski definition) is 0. The Morgan fingerprint density at radius 1 is 1.12 bits per heavy atom. The van der Waals surface area contributed by atoms with Crippen LogP contribution in [0.2, 0.25) is 0 Å². The molecule has 0 nitrogen and oxygen atoms in total. The Morgan fingerprint density at radius 3 is 2.38 bits per heavy atom. The van der Waals surface area contributed by atoms with E-state index in [1.165, 1.54) is 25.7 Å². The molecule has 0 aromatic carbocycles. The second-order valence-electron chi connectivity index (χ2n) is 6.02. The van der Waals surface area contributed by atoms with Crippen LogP contribution in [-0.2, 0) is 0 Å². The van der Waals surface area contributed by atoms with Crippen LogP contribution in [0.1, 0.15) is 60.3 Å². The summed E-state index contributed by atoms with van der Waals surface area (Å²) in [5, 5.41) is 0. The molecule has 0 heteroatoms. The molecule has 1 fully saturated rings. The zero-order chi connectivity index (χ0) is 12.1. The lowest BCUT2D eigenvalue weighted by Gasteiger charge is -2.05. The summed E-state index contributed by atoms with van der Waals surface area (Å²) in [6, 6.07) is 0. The van der Waals surface area contributed by atoms with Gasteiger partial charge in [0.25, 0.3) is 0 Å². The van der Waals surface area contributed by atoms with Gasteiger partial charge in [0.05, 0.1) is 0 Å². The molecule has 0 aliphatic heterocycles. The van der Waals surface area contributed by atoms with E-state index in [2.05, 4.69) is 46.5 Å². The molecule has 4 unspecified atom stereocenters. The maximum Gasteiger partial charge on any atom is 0.0205 e. The predicted octanol–water partition coefficient (Wildman–Crippen LogP) is 4.74. The van der Waals surface area contributed by atoms with Gasteiger partial charge in [0.2, 0.25) is 0 Å². The van der Waals surface area contributed by atoms with Gasteiger partial charge in [-0.2, -0.15) is 0 Å². The van der Waals surface area contributed by atoms with Crippen LogP contribution < -0.4 is 0 Å². The Labute approximate surface area is 102 Å². The van der Waals surface area contributed by atoms with Crippen molar-refractivity contribution in [3.8, 4) is 11.8 Å². The second kappa shape index (κ2) is 6.33. The quantitative estimate of drug-likeness (QED) is 0.587. The molecule has 0 bridgehead atoms. The van der Waals surface area contributed by atoms with E-state index in [0.29, 0.717) is 11.8 Å². The topological polar surface area (TPSA) is 0 Å². The van der Waals surface area contributed by atoms with Gasteiger partial charge in [-0.3, -0.25) is 0 Å². The summed E-state index contributed by atoms with van der Waals surface area (Å²) < 4.78 is 0. The van der Waals surface area contributed by atoms with Gasteiger partial charge in [-0.1, -0.05) is 52.9 Å². The minimum absolute atomic E-state index is 0.579. The van der Waals surface area contributed by atoms with Gasteiger partial charge < -0.3 is 0 Å². The van der Waals surface area contributed by atoms with E-state index in [4.69, 9.17) is 0 Å². The van der Waals surface area contributed by atoms with Gasteiger partial charge >= 0.3 is 0 Å². The molecular weight excluding hydrogens is 192 g/mol. The normalized spacial score (nSPS) is 27.1. The van der Waals surface area contributed by atoms with E-state index in [1.54, 1.807) is 0 Å². The average molecular weight is 220 g/mol. The molecule has 4 atom stereocenters. The van der Waals surface area contributed by atoms with E-state index < -0.39 is 0 Å². The summed E-state index contributed by atoms with van der Waals surface area (Å²) in [5.41, 5.74) is 0. The molecule has 0 N–H and O–H groups in total. The third kappa shape index (κ3) is 4.60. The van der Waals surface area contributed by atoms with Gasteiger partial charge in [-0.25, -0.2) is 0 Å². The van der Waals surface area contributed by atoms with Gasteiger partial charge in [-0.05, 0) is 37.0 Å². The van der Waals surface area contributed by atoms with Crippen LogP contribution in [-0.4, -0.2) is 0 Å². The maximum absolute atomic E-state index is 3.46. The lowest BCUT2D eigenvalue weighted by molar-refractivity contribution is 0.486. The van der Waals surface area contributed by atoms with Crippen LogP contribution in [0, 0.1) is 41.4 Å². The van der Waals surface area contributed by atoms with Crippen LogP contribution in [0.25, 0.3) is 0 Å². The Balaban J connectivity index is 2.24. The Bertz CT molecular complexity index is 253. The highest BCUT2D eigenvalue weighted by Crippen LogP contribution is 2.47. The Morgan fingerprint density at radius 2 is 1.81 bits per heavy atom. The third-order valence-corrected chi connectivity index (χ3v) is 3.90. The second-order valence-corrected chi connectivity index (χ2v) is 6.02. The number of rotatable bonds is 5. The fraction of sp³-hybridized carbons (Fsp3) is 0.875. The molecule has 1 saturated carbocycles. The lowest BCUT2D eigenvalue weighted by Crippen LogP contribution is -1.98. The molecule has 0 aromatic rings. The van der Waals surface area contributed by atoms with Crippen molar-refractivity contribution in [2.75, 3.05) is 0 Å². The minimum Gasteiger partial charge on any atom is -0.0999 e. The molecule has 0 saturated heterocycles. The van der Waals surface area contributed by atoms with Crippen LogP contribution in [0.3, 0.4) is 0 Å². The van der Waals surface area contributed by atoms with Crippen molar-refractivity contribution in [1.29, 1.82) is 0 Å². The van der Waals surface area contributed by atoms with Crippen molar-refractivity contribution in [2.45, 2.75) is 60.3 Å². The first-order chi connectivity index (χ1) is 7.54. The molecule has 1 rings (SSSR count). The fourth-order valence-electron chi connectivity index (χ4n) is 2.25. The molecule has 1 aliphatic rings. The van der Waals surface area contributed by atoms with Crippen LogP contribution in [0.15, 0.2) is 0 Å². The molecule has 0 radical (unpaired) electrons. The molecule has 16 heavy (non-hydrogen) atoms. The largest absolute Gasteiger partial charge is 0.0999 e. The molecule has 92 valence electrons. The highest BCUT2D eigenvalue weighted by molar-refractivity contribution is 5.10. The van der Waals surface area contributed by atoms with E-state index >= 15 is 0 Å².